The summed E-state index contributed by atoms with van der Waals surface area (Å²) in [6, 6.07) is 6.61. The molecule has 1 aromatic rings. The molecule has 1 aromatic carbocycles. The van der Waals surface area contributed by atoms with Gasteiger partial charge in [-0.25, -0.2) is 4.79 Å². The Morgan fingerprint density at radius 2 is 1.87 bits per heavy atom. The minimum absolute atomic E-state index is 0.234. The molecule has 0 spiro atoms. The van der Waals surface area contributed by atoms with Gasteiger partial charge in [0.2, 0.25) is 0 Å². The zero-order valence-electron chi connectivity index (χ0n) is 9.19. The number of carboxylic acid groups (broad SMARTS) is 1. The van der Waals surface area contributed by atoms with Gasteiger partial charge in [-0.15, -0.1) is 0 Å². The SMILES string of the molecule is CC.CS(=O)Cc1ccccc1C(=O)O. The molecular formula is C11H16O3S. The molecule has 0 saturated carbocycles. The molecule has 0 fully saturated rings. The van der Waals surface area contributed by atoms with Crippen LogP contribution in [-0.4, -0.2) is 21.5 Å². The molecule has 1 N–H and O–H groups in total. The van der Waals surface area contributed by atoms with Crippen LogP contribution in [-0.2, 0) is 16.6 Å². The van der Waals surface area contributed by atoms with Gasteiger partial charge in [0.15, 0.2) is 0 Å². The first-order chi connectivity index (χ1) is 7.11. The van der Waals surface area contributed by atoms with Crippen LogP contribution in [0.5, 0.6) is 0 Å². The van der Waals surface area contributed by atoms with Gasteiger partial charge in [0.1, 0.15) is 0 Å². The number of carbonyl (C=O) groups is 1. The van der Waals surface area contributed by atoms with Crippen LogP contribution in [0.25, 0.3) is 0 Å². The Morgan fingerprint density at radius 3 is 2.33 bits per heavy atom. The fourth-order valence-electron chi connectivity index (χ4n) is 1.07. The third-order valence-corrected chi connectivity index (χ3v) is 2.32. The summed E-state index contributed by atoms with van der Waals surface area (Å²) in [5.41, 5.74) is 0.855. The van der Waals surface area contributed by atoms with Gasteiger partial charge in [0, 0.05) is 22.8 Å². The van der Waals surface area contributed by atoms with Crippen molar-refractivity contribution in [1.82, 2.24) is 0 Å². The van der Waals surface area contributed by atoms with Gasteiger partial charge >= 0.3 is 5.97 Å². The van der Waals surface area contributed by atoms with Crippen LogP contribution >= 0.6 is 0 Å². The van der Waals surface area contributed by atoms with Gasteiger partial charge in [0.25, 0.3) is 0 Å². The Hall–Kier alpha value is -1.16. The number of hydrogen-bond acceptors (Lipinski definition) is 2. The van der Waals surface area contributed by atoms with Gasteiger partial charge in [0.05, 0.1) is 5.56 Å². The lowest BCUT2D eigenvalue weighted by molar-refractivity contribution is 0.0696. The maximum Gasteiger partial charge on any atom is 0.335 e. The second-order valence-corrected chi connectivity index (χ2v) is 4.11. The van der Waals surface area contributed by atoms with Crippen molar-refractivity contribution >= 4 is 16.8 Å². The summed E-state index contributed by atoms with van der Waals surface area (Å²) in [6.45, 7) is 4.00. The van der Waals surface area contributed by atoms with Crippen molar-refractivity contribution in [3.05, 3.63) is 35.4 Å². The van der Waals surface area contributed by atoms with Crippen LogP contribution in [0.15, 0.2) is 24.3 Å². The summed E-state index contributed by atoms with van der Waals surface area (Å²) in [7, 11) is -1.01. The Balaban J connectivity index is 0.000000921. The number of rotatable bonds is 3. The van der Waals surface area contributed by atoms with E-state index in [2.05, 4.69) is 0 Å². The molecule has 1 unspecified atom stereocenters. The van der Waals surface area contributed by atoms with E-state index in [1.807, 2.05) is 13.8 Å². The van der Waals surface area contributed by atoms with E-state index in [9.17, 15) is 9.00 Å². The number of hydrogen-bond donors (Lipinski definition) is 1. The number of aromatic carboxylic acids is 1. The van der Waals surface area contributed by atoms with Gasteiger partial charge in [-0.3, -0.25) is 4.21 Å². The first kappa shape index (κ1) is 13.8. The molecule has 0 amide bonds. The van der Waals surface area contributed by atoms with Crippen molar-refractivity contribution in [2.75, 3.05) is 6.26 Å². The average Bonchev–Trinajstić information content (AvgIpc) is 2.20. The van der Waals surface area contributed by atoms with E-state index >= 15 is 0 Å². The second-order valence-electron chi connectivity index (χ2n) is 2.68. The summed E-state index contributed by atoms with van der Waals surface area (Å²) in [6.07, 6.45) is 1.55. The molecule has 1 rings (SSSR count). The Labute approximate surface area is 92.6 Å². The van der Waals surface area contributed by atoms with Crippen molar-refractivity contribution in [3.8, 4) is 0 Å². The molecule has 1 atom stereocenters. The molecule has 3 nitrogen and oxygen atoms in total. The normalized spacial score (nSPS) is 11.1. The standard InChI is InChI=1S/C9H10O3S.C2H6/c1-13(12)6-7-4-2-3-5-8(7)9(10)11;1-2/h2-5H,6H2,1H3,(H,10,11);1-2H3. The maximum atomic E-state index is 10.9. The van der Waals surface area contributed by atoms with E-state index in [4.69, 9.17) is 5.11 Å². The summed E-state index contributed by atoms with van der Waals surface area (Å²) < 4.78 is 10.9. The van der Waals surface area contributed by atoms with Crippen molar-refractivity contribution < 1.29 is 14.1 Å². The molecule has 0 bridgehead atoms. The third-order valence-electron chi connectivity index (χ3n) is 1.61. The third kappa shape index (κ3) is 4.74. The van der Waals surface area contributed by atoms with E-state index in [1.165, 1.54) is 6.07 Å². The highest BCUT2D eigenvalue weighted by Gasteiger charge is 2.09. The molecule has 4 heteroatoms. The lowest BCUT2D eigenvalue weighted by Gasteiger charge is -2.02. The molecule has 15 heavy (non-hydrogen) atoms. The van der Waals surface area contributed by atoms with Crippen LogP contribution in [0.3, 0.4) is 0 Å². The predicted octanol–water partition coefficient (Wildman–Crippen LogP) is 2.29. The quantitative estimate of drug-likeness (QED) is 0.863. The van der Waals surface area contributed by atoms with Crippen LogP contribution in [0, 0.1) is 0 Å². The number of benzene rings is 1. The average molecular weight is 228 g/mol. The molecule has 0 aromatic heterocycles. The molecule has 0 aliphatic rings. The largest absolute Gasteiger partial charge is 0.478 e. The van der Waals surface area contributed by atoms with E-state index < -0.39 is 16.8 Å². The minimum Gasteiger partial charge on any atom is -0.478 e. The van der Waals surface area contributed by atoms with Crippen LogP contribution < -0.4 is 0 Å². The highest BCUT2D eigenvalue weighted by molar-refractivity contribution is 7.83. The van der Waals surface area contributed by atoms with Crippen molar-refractivity contribution in [2.24, 2.45) is 0 Å². The summed E-state index contributed by atoms with van der Waals surface area (Å²) in [5, 5.41) is 8.78. The zero-order valence-corrected chi connectivity index (χ0v) is 10.0. The fraction of sp³-hybridized carbons (Fsp3) is 0.364. The molecule has 0 heterocycles. The first-order valence-electron chi connectivity index (χ1n) is 4.72. The highest BCUT2D eigenvalue weighted by Crippen LogP contribution is 2.10. The van der Waals surface area contributed by atoms with Crippen LogP contribution in [0.1, 0.15) is 29.8 Å². The van der Waals surface area contributed by atoms with E-state index in [-0.39, 0.29) is 5.56 Å². The zero-order chi connectivity index (χ0) is 11.8. The highest BCUT2D eigenvalue weighted by atomic mass is 32.2. The van der Waals surface area contributed by atoms with Crippen molar-refractivity contribution in [2.45, 2.75) is 19.6 Å². The smallest absolute Gasteiger partial charge is 0.335 e. The van der Waals surface area contributed by atoms with Gasteiger partial charge in [-0.1, -0.05) is 32.0 Å². The summed E-state index contributed by atoms with van der Waals surface area (Å²) >= 11 is 0. The van der Waals surface area contributed by atoms with E-state index in [0.29, 0.717) is 11.3 Å². The molecule has 0 radical (unpaired) electrons. The van der Waals surface area contributed by atoms with Crippen LogP contribution in [0.2, 0.25) is 0 Å². The van der Waals surface area contributed by atoms with Crippen molar-refractivity contribution in [1.29, 1.82) is 0 Å². The number of carboxylic acids is 1. The predicted molar refractivity (Wildman–Crippen MR) is 62.5 cm³/mol. The van der Waals surface area contributed by atoms with Gasteiger partial charge in [-0.05, 0) is 11.6 Å². The molecule has 0 saturated heterocycles. The first-order valence-corrected chi connectivity index (χ1v) is 6.45. The van der Waals surface area contributed by atoms with E-state index in [0.717, 1.165) is 0 Å². The monoisotopic (exact) mass is 228 g/mol. The molecular weight excluding hydrogens is 212 g/mol. The molecule has 0 aliphatic carbocycles. The molecule has 84 valence electrons. The fourth-order valence-corrected chi connectivity index (χ4v) is 1.76. The topological polar surface area (TPSA) is 54.4 Å². The second kappa shape index (κ2) is 7.17. The molecule has 0 aliphatic heterocycles. The Kier molecular flexibility index (Phi) is 6.62. The lowest BCUT2D eigenvalue weighted by atomic mass is 10.1. The minimum atomic E-state index is -1.01. The van der Waals surface area contributed by atoms with E-state index in [1.54, 1.807) is 24.5 Å². The van der Waals surface area contributed by atoms with Gasteiger partial charge < -0.3 is 5.11 Å². The summed E-state index contributed by atoms with van der Waals surface area (Å²) in [4.78, 5) is 10.7. The Bertz CT molecular complexity index is 347. The maximum absolute atomic E-state index is 10.9. The van der Waals surface area contributed by atoms with Crippen LogP contribution in [0.4, 0.5) is 0 Å². The lowest BCUT2D eigenvalue weighted by Crippen LogP contribution is -2.03. The van der Waals surface area contributed by atoms with Gasteiger partial charge in [-0.2, -0.15) is 0 Å². The van der Waals surface area contributed by atoms with Crippen molar-refractivity contribution in [3.63, 3.8) is 0 Å². The Morgan fingerprint density at radius 1 is 1.33 bits per heavy atom. The summed E-state index contributed by atoms with van der Waals surface area (Å²) in [5.74, 6) is -0.677.